The summed E-state index contributed by atoms with van der Waals surface area (Å²) >= 11 is 0. The lowest BCUT2D eigenvalue weighted by molar-refractivity contribution is 0.199. The zero-order chi connectivity index (χ0) is 10.9. The van der Waals surface area contributed by atoms with E-state index in [1.54, 1.807) is 0 Å². The van der Waals surface area contributed by atoms with E-state index in [0.717, 1.165) is 6.40 Å². The molecule has 0 aliphatic heterocycles. The molecule has 0 bridgehead atoms. The van der Waals surface area contributed by atoms with Crippen LogP contribution in [0.3, 0.4) is 0 Å². The zero-order valence-electron chi connectivity index (χ0n) is 6.86. The first-order valence-corrected chi connectivity index (χ1v) is 4.79. The Morgan fingerprint density at radius 2 is 2.21 bits per heavy atom. The minimum absolute atomic E-state index is 0.106. The van der Waals surface area contributed by atoms with Gasteiger partial charge in [0.1, 0.15) is 0 Å². The summed E-state index contributed by atoms with van der Waals surface area (Å²) in [6.07, 6.45) is 0.818. The van der Waals surface area contributed by atoms with Gasteiger partial charge in [0.2, 0.25) is 6.40 Å². The van der Waals surface area contributed by atoms with E-state index < -0.39 is 15.9 Å². The summed E-state index contributed by atoms with van der Waals surface area (Å²) < 4.78 is 28.6. The molecule has 0 aromatic heterocycles. The molecule has 80 valence electrons. The van der Waals surface area contributed by atoms with Crippen LogP contribution in [0.25, 0.3) is 0 Å². The Morgan fingerprint density at radius 1 is 1.50 bits per heavy atom. The van der Waals surface area contributed by atoms with Crippen LogP contribution in [0.1, 0.15) is 0 Å². The Balaban J connectivity index is 3.43. The second-order valence-electron chi connectivity index (χ2n) is 1.80. The van der Waals surface area contributed by atoms with Gasteiger partial charge in [-0.1, -0.05) is 5.10 Å². The first kappa shape index (κ1) is 12.5. The van der Waals surface area contributed by atoms with Crippen molar-refractivity contribution in [3.8, 4) is 0 Å². The number of hydrogen-bond donors (Lipinski definition) is 3. The molecule has 0 fully saturated rings. The van der Waals surface area contributed by atoms with Crippen LogP contribution >= 0.6 is 0 Å². The van der Waals surface area contributed by atoms with E-state index in [0.29, 0.717) is 0 Å². The third-order valence-electron chi connectivity index (χ3n) is 0.782. The highest BCUT2D eigenvalue weighted by atomic mass is 32.2. The van der Waals surface area contributed by atoms with Gasteiger partial charge >= 0.3 is 0 Å². The van der Waals surface area contributed by atoms with Crippen molar-refractivity contribution in [3.63, 3.8) is 0 Å². The fourth-order valence-corrected chi connectivity index (χ4v) is 0.696. The summed E-state index contributed by atoms with van der Waals surface area (Å²) in [7, 11) is -3.99. The summed E-state index contributed by atoms with van der Waals surface area (Å²) in [5, 5.41) is 11.4. The minimum Gasteiger partial charge on any atom is -0.395 e. The molecule has 0 aliphatic carbocycles. The van der Waals surface area contributed by atoms with Gasteiger partial charge in [-0.3, -0.25) is 4.55 Å². The maximum absolute atomic E-state index is 10.2. The minimum atomic E-state index is -3.99. The summed E-state index contributed by atoms with van der Waals surface area (Å²) in [5.41, 5.74) is 8.31. The number of hydroxylamine groups is 1. The first-order chi connectivity index (χ1) is 6.56. The molecule has 0 unspecified atom stereocenters. The third-order valence-corrected chi connectivity index (χ3v) is 1.50. The fourth-order valence-electron chi connectivity index (χ4n) is 0.355. The molecule has 0 radical (unpaired) electrons. The number of rotatable bonds is 7. The van der Waals surface area contributed by atoms with Crippen molar-refractivity contribution in [1.82, 2.24) is 5.48 Å². The molecule has 0 saturated heterocycles. The first-order valence-electron chi connectivity index (χ1n) is 3.18. The molecule has 0 amide bonds. The average Bonchev–Trinajstić information content (AvgIpc) is 2.08. The molecule has 3 N–H and O–H groups in total. The normalized spacial score (nSPS) is 12.4. The van der Waals surface area contributed by atoms with Crippen LogP contribution in [-0.4, -0.2) is 31.7 Å². The lowest BCUT2D eigenvalue weighted by Gasteiger charge is -1.98. The van der Waals surface area contributed by atoms with E-state index in [1.165, 1.54) is 0 Å². The van der Waals surface area contributed by atoms with Crippen molar-refractivity contribution in [2.75, 3.05) is 12.3 Å². The van der Waals surface area contributed by atoms with Crippen molar-refractivity contribution in [1.29, 1.82) is 5.53 Å². The van der Waals surface area contributed by atoms with Crippen LogP contribution in [0.5, 0.6) is 0 Å². The van der Waals surface area contributed by atoms with E-state index in [4.69, 9.17) is 10.1 Å². The van der Waals surface area contributed by atoms with Crippen LogP contribution in [0.2, 0.25) is 0 Å². The van der Waals surface area contributed by atoms with E-state index in [9.17, 15) is 8.42 Å². The van der Waals surface area contributed by atoms with Gasteiger partial charge in [0.15, 0.2) is 0 Å². The quantitative estimate of drug-likeness (QED) is 0.136. The Morgan fingerprint density at radius 3 is 2.79 bits per heavy atom. The van der Waals surface area contributed by atoms with Crippen LogP contribution in [0, 0.1) is 5.53 Å². The summed E-state index contributed by atoms with van der Waals surface area (Å²) in [6, 6.07) is 0. The second-order valence-corrected chi connectivity index (χ2v) is 3.37. The van der Waals surface area contributed by atoms with Gasteiger partial charge in [-0.15, -0.1) is 0 Å². The molecule has 0 saturated carbocycles. The van der Waals surface area contributed by atoms with Gasteiger partial charge in [0.25, 0.3) is 10.1 Å². The van der Waals surface area contributed by atoms with Crippen LogP contribution < -0.4 is 5.48 Å². The smallest absolute Gasteiger partial charge is 0.266 e. The molecule has 14 heavy (non-hydrogen) atoms. The summed E-state index contributed by atoms with van der Waals surface area (Å²) in [5.74, 6) is -0.482. The van der Waals surface area contributed by atoms with E-state index in [2.05, 4.69) is 31.1 Å². The molecule has 0 aliphatic rings. The molecule has 0 spiro atoms. The maximum atomic E-state index is 10.2. The second kappa shape index (κ2) is 6.99. The molecule has 0 rings (SSSR count). The highest BCUT2D eigenvalue weighted by Gasteiger charge is 2.01. The monoisotopic (exact) mass is 224 g/mol. The standard InChI is InChI=1S/C3H8N6O4S/c4-7-9-8-5-3-13-6-1-2-14(10,11)12/h3-4,6H,1-2H2,(H,10,11,12)/b5-3+,7-4?,9-8+. The predicted molar refractivity (Wildman–Crippen MR) is 44.0 cm³/mol. The Hall–Kier alpha value is -1.46. The van der Waals surface area contributed by atoms with Gasteiger partial charge in [-0.05, 0) is 15.7 Å². The van der Waals surface area contributed by atoms with Crippen LogP contribution in [-0.2, 0) is 15.0 Å². The lowest BCUT2D eigenvalue weighted by Crippen LogP contribution is -2.22. The van der Waals surface area contributed by atoms with Gasteiger partial charge in [-0.25, -0.2) is 0 Å². The van der Waals surface area contributed by atoms with Crippen molar-refractivity contribution in [3.05, 3.63) is 0 Å². The molecule has 0 aromatic rings. The van der Waals surface area contributed by atoms with E-state index in [1.807, 2.05) is 0 Å². The zero-order valence-corrected chi connectivity index (χ0v) is 7.68. The molecule has 0 heterocycles. The van der Waals surface area contributed by atoms with E-state index in [-0.39, 0.29) is 6.54 Å². The van der Waals surface area contributed by atoms with E-state index >= 15 is 0 Å². The largest absolute Gasteiger partial charge is 0.395 e. The third kappa shape index (κ3) is 10.5. The summed E-state index contributed by atoms with van der Waals surface area (Å²) in [6.45, 7) is -0.106. The van der Waals surface area contributed by atoms with Crippen LogP contribution in [0.4, 0.5) is 0 Å². The Bertz CT molecular complexity index is 309. The number of hydrogen-bond acceptors (Lipinski definition) is 6. The highest BCUT2D eigenvalue weighted by molar-refractivity contribution is 7.85. The average molecular weight is 224 g/mol. The SMILES string of the molecule is N=N/N=N/N=C/ONCCS(=O)(=O)O. The topological polar surface area (TPSA) is 149 Å². The van der Waals surface area contributed by atoms with Gasteiger partial charge in [0.05, 0.1) is 5.75 Å². The summed E-state index contributed by atoms with van der Waals surface area (Å²) in [4.78, 5) is 4.40. The maximum Gasteiger partial charge on any atom is 0.266 e. The molecule has 0 aromatic carbocycles. The predicted octanol–water partition coefficient (Wildman–Crippen LogP) is -0.263. The Labute approximate surface area is 79.2 Å². The molecular weight excluding hydrogens is 216 g/mol. The van der Waals surface area contributed by atoms with Gasteiger partial charge < -0.3 is 4.84 Å². The van der Waals surface area contributed by atoms with Crippen LogP contribution in [0.15, 0.2) is 20.8 Å². The Kier molecular flexibility index (Phi) is 6.26. The van der Waals surface area contributed by atoms with Crippen molar-refractivity contribution < 1.29 is 17.8 Å². The van der Waals surface area contributed by atoms with Crippen molar-refractivity contribution >= 4 is 16.5 Å². The van der Waals surface area contributed by atoms with Crippen molar-refractivity contribution in [2.45, 2.75) is 0 Å². The van der Waals surface area contributed by atoms with Crippen molar-refractivity contribution in [2.24, 2.45) is 20.8 Å². The number of nitrogens with one attached hydrogen (secondary N) is 2. The molecular formula is C3H8N6O4S. The van der Waals surface area contributed by atoms with Gasteiger partial charge in [0, 0.05) is 6.54 Å². The number of nitrogens with zero attached hydrogens (tertiary/aromatic N) is 4. The molecule has 10 nitrogen and oxygen atoms in total. The fraction of sp³-hybridized carbons (Fsp3) is 0.667. The lowest BCUT2D eigenvalue weighted by atomic mass is 10.8. The van der Waals surface area contributed by atoms with Gasteiger partial charge in [-0.2, -0.15) is 19.4 Å². The molecule has 11 heteroatoms. The molecule has 0 atom stereocenters. The highest BCUT2D eigenvalue weighted by Crippen LogP contribution is 1.79.